The molecular formula is C22H22FN3O3. The maximum Gasteiger partial charge on any atom is 0.329 e. The number of hydrogen-bond donors (Lipinski definition) is 1. The molecule has 7 heteroatoms. The molecule has 29 heavy (non-hydrogen) atoms. The lowest BCUT2D eigenvalue weighted by molar-refractivity contribution is -0.148. The minimum absolute atomic E-state index is 0.0495. The highest BCUT2D eigenvalue weighted by molar-refractivity contribution is 5.85. The predicted octanol–water partition coefficient (Wildman–Crippen LogP) is 2.54. The highest BCUT2D eigenvalue weighted by Crippen LogP contribution is 2.07. The summed E-state index contributed by atoms with van der Waals surface area (Å²) in [6.07, 6.45) is 5.43. The molecular weight excluding hydrogens is 373 g/mol. The molecule has 0 fully saturated rings. The van der Waals surface area contributed by atoms with E-state index in [9.17, 15) is 14.0 Å². The summed E-state index contributed by atoms with van der Waals surface area (Å²) >= 11 is 0. The average molecular weight is 395 g/mol. The molecule has 0 spiro atoms. The zero-order valence-corrected chi connectivity index (χ0v) is 15.8. The highest BCUT2D eigenvalue weighted by Gasteiger charge is 2.23. The fourth-order valence-corrected chi connectivity index (χ4v) is 2.85. The fraction of sp³-hybridized carbons (Fsp3) is 0.227. The van der Waals surface area contributed by atoms with Gasteiger partial charge in [0.05, 0.1) is 19.3 Å². The smallest absolute Gasteiger partial charge is 0.329 e. The second kappa shape index (κ2) is 10.2. The van der Waals surface area contributed by atoms with Gasteiger partial charge in [-0.25, -0.2) is 14.2 Å². The summed E-state index contributed by atoms with van der Waals surface area (Å²) in [5.74, 6) is -1.19. The third-order valence-electron chi connectivity index (χ3n) is 4.33. The average Bonchev–Trinajstić information content (AvgIpc) is 3.23. The van der Waals surface area contributed by atoms with Crippen LogP contribution in [0.1, 0.15) is 11.1 Å². The second-order valence-electron chi connectivity index (χ2n) is 6.58. The van der Waals surface area contributed by atoms with Crippen molar-refractivity contribution in [2.24, 2.45) is 0 Å². The number of rotatable bonds is 9. The van der Waals surface area contributed by atoms with Gasteiger partial charge in [0.15, 0.2) is 0 Å². The van der Waals surface area contributed by atoms with Gasteiger partial charge in [0, 0.05) is 18.8 Å². The Labute approximate surface area is 168 Å². The quantitative estimate of drug-likeness (QED) is 0.565. The van der Waals surface area contributed by atoms with Gasteiger partial charge in [-0.1, -0.05) is 42.5 Å². The number of nitrogens with one attached hydrogen (secondary N) is 1. The molecule has 6 nitrogen and oxygen atoms in total. The summed E-state index contributed by atoms with van der Waals surface area (Å²) in [7, 11) is 0. The number of nitrogens with zero attached hydrogens (tertiary/aromatic N) is 2. The van der Waals surface area contributed by atoms with Crippen molar-refractivity contribution in [2.75, 3.05) is 6.61 Å². The van der Waals surface area contributed by atoms with Gasteiger partial charge in [-0.3, -0.25) is 4.79 Å². The van der Waals surface area contributed by atoms with Crippen LogP contribution in [0.5, 0.6) is 0 Å². The molecule has 2 aromatic carbocycles. The molecule has 0 aliphatic heterocycles. The first kappa shape index (κ1) is 20.3. The van der Waals surface area contributed by atoms with Crippen LogP contribution in [0, 0.1) is 5.82 Å². The number of carbonyl (C=O) groups excluding carboxylic acids is 2. The zero-order valence-electron chi connectivity index (χ0n) is 15.8. The summed E-state index contributed by atoms with van der Waals surface area (Å²) in [6, 6.07) is 14.3. The van der Waals surface area contributed by atoms with E-state index < -0.39 is 12.0 Å². The Kier molecular flexibility index (Phi) is 7.10. The van der Waals surface area contributed by atoms with Crippen LogP contribution < -0.4 is 5.32 Å². The standard InChI is InChI=1S/C22H22FN3O3/c23-19-8-6-18(7-9-19)15-21(27)25-20(14-17-4-2-1-3-5-17)22(28)29-13-12-26-11-10-24-16-26/h1-11,16,20H,12-15H2,(H,25,27)/t20-/m1/s1. The number of esters is 1. The lowest BCUT2D eigenvalue weighted by atomic mass is 10.1. The van der Waals surface area contributed by atoms with Gasteiger partial charge in [-0.2, -0.15) is 0 Å². The van der Waals surface area contributed by atoms with Gasteiger partial charge in [-0.05, 0) is 23.3 Å². The molecule has 0 bridgehead atoms. The van der Waals surface area contributed by atoms with E-state index in [2.05, 4.69) is 10.3 Å². The highest BCUT2D eigenvalue weighted by atomic mass is 19.1. The lowest BCUT2D eigenvalue weighted by Gasteiger charge is -2.18. The van der Waals surface area contributed by atoms with E-state index >= 15 is 0 Å². The van der Waals surface area contributed by atoms with Gasteiger partial charge < -0.3 is 14.6 Å². The van der Waals surface area contributed by atoms with Gasteiger partial charge in [0.25, 0.3) is 0 Å². The topological polar surface area (TPSA) is 73.2 Å². The number of ether oxygens (including phenoxy) is 1. The Hall–Kier alpha value is -3.48. The van der Waals surface area contributed by atoms with Crippen molar-refractivity contribution in [3.63, 3.8) is 0 Å². The largest absolute Gasteiger partial charge is 0.462 e. The molecule has 1 heterocycles. The molecule has 150 valence electrons. The number of aromatic nitrogens is 2. The van der Waals surface area contributed by atoms with E-state index in [4.69, 9.17) is 4.74 Å². The van der Waals surface area contributed by atoms with Crippen LogP contribution >= 0.6 is 0 Å². The van der Waals surface area contributed by atoms with Crippen LogP contribution in [-0.4, -0.2) is 34.1 Å². The minimum Gasteiger partial charge on any atom is -0.462 e. The van der Waals surface area contributed by atoms with Crippen LogP contribution in [0.4, 0.5) is 4.39 Å². The lowest BCUT2D eigenvalue weighted by Crippen LogP contribution is -2.44. The monoisotopic (exact) mass is 395 g/mol. The first-order valence-electron chi connectivity index (χ1n) is 9.30. The molecule has 3 aromatic rings. The molecule has 0 aliphatic rings. The van der Waals surface area contributed by atoms with Gasteiger partial charge in [0.2, 0.25) is 5.91 Å². The van der Waals surface area contributed by atoms with Crippen LogP contribution in [0.15, 0.2) is 73.3 Å². The third-order valence-corrected chi connectivity index (χ3v) is 4.33. The minimum atomic E-state index is -0.812. The number of imidazole rings is 1. The summed E-state index contributed by atoms with van der Waals surface area (Å²) in [5, 5.41) is 2.75. The third kappa shape index (κ3) is 6.57. The van der Waals surface area contributed by atoms with E-state index in [0.29, 0.717) is 18.5 Å². The SMILES string of the molecule is O=C(Cc1ccc(F)cc1)N[C@H](Cc1ccccc1)C(=O)OCCn1ccnc1. The molecule has 0 saturated heterocycles. The van der Waals surface area contributed by atoms with Crippen molar-refractivity contribution in [1.82, 2.24) is 14.9 Å². The summed E-state index contributed by atoms with van der Waals surface area (Å²) in [6.45, 7) is 0.654. The van der Waals surface area contributed by atoms with Crippen molar-refractivity contribution < 1.29 is 18.7 Å². The summed E-state index contributed by atoms with van der Waals surface area (Å²) < 4.78 is 20.2. The zero-order chi connectivity index (χ0) is 20.5. The number of halogens is 1. The summed E-state index contributed by atoms with van der Waals surface area (Å²) in [5.41, 5.74) is 1.57. The maximum atomic E-state index is 13.0. The maximum absolute atomic E-state index is 13.0. The first-order chi connectivity index (χ1) is 14.1. The molecule has 0 radical (unpaired) electrons. The number of amides is 1. The number of carbonyl (C=O) groups is 2. The molecule has 1 atom stereocenters. The molecule has 0 aliphatic carbocycles. The van der Waals surface area contributed by atoms with Crippen LogP contribution in [0.25, 0.3) is 0 Å². The molecule has 1 N–H and O–H groups in total. The Morgan fingerprint density at radius 2 is 1.83 bits per heavy atom. The van der Waals surface area contributed by atoms with Crippen molar-refractivity contribution in [3.8, 4) is 0 Å². The second-order valence-corrected chi connectivity index (χ2v) is 6.58. The van der Waals surface area contributed by atoms with E-state index in [1.165, 1.54) is 12.1 Å². The molecule has 0 saturated carbocycles. The van der Waals surface area contributed by atoms with Crippen molar-refractivity contribution in [2.45, 2.75) is 25.4 Å². The van der Waals surface area contributed by atoms with E-state index in [1.807, 2.05) is 30.3 Å². The van der Waals surface area contributed by atoms with Gasteiger partial charge in [0.1, 0.15) is 18.5 Å². The fourth-order valence-electron chi connectivity index (χ4n) is 2.85. The Morgan fingerprint density at radius 1 is 1.07 bits per heavy atom. The van der Waals surface area contributed by atoms with E-state index in [-0.39, 0.29) is 24.8 Å². The van der Waals surface area contributed by atoms with E-state index in [0.717, 1.165) is 5.56 Å². The molecule has 1 aromatic heterocycles. The first-order valence-corrected chi connectivity index (χ1v) is 9.30. The predicted molar refractivity (Wildman–Crippen MR) is 105 cm³/mol. The number of benzene rings is 2. The van der Waals surface area contributed by atoms with Crippen molar-refractivity contribution in [3.05, 3.63) is 90.3 Å². The molecule has 0 unspecified atom stereocenters. The van der Waals surface area contributed by atoms with Gasteiger partial charge in [-0.15, -0.1) is 0 Å². The van der Waals surface area contributed by atoms with Crippen molar-refractivity contribution in [1.29, 1.82) is 0 Å². The van der Waals surface area contributed by atoms with Crippen molar-refractivity contribution >= 4 is 11.9 Å². The van der Waals surface area contributed by atoms with Crippen LogP contribution in [0.3, 0.4) is 0 Å². The Balaban J connectivity index is 1.60. The number of hydrogen-bond acceptors (Lipinski definition) is 4. The van der Waals surface area contributed by atoms with Gasteiger partial charge >= 0.3 is 5.97 Å². The Bertz CT molecular complexity index is 912. The Morgan fingerprint density at radius 3 is 2.52 bits per heavy atom. The van der Waals surface area contributed by atoms with Crippen LogP contribution in [0.2, 0.25) is 0 Å². The normalized spacial score (nSPS) is 11.6. The van der Waals surface area contributed by atoms with Crippen LogP contribution in [-0.2, 0) is 33.7 Å². The summed E-state index contributed by atoms with van der Waals surface area (Å²) in [4.78, 5) is 29.0. The molecule has 1 amide bonds. The molecule has 3 rings (SSSR count). The van der Waals surface area contributed by atoms with E-state index in [1.54, 1.807) is 35.4 Å².